The summed E-state index contributed by atoms with van der Waals surface area (Å²) in [7, 11) is 1.84. The number of nitrogens with two attached hydrogens (primary N) is 1. The molecule has 1 aromatic carbocycles. The summed E-state index contributed by atoms with van der Waals surface area (Å²) in [6.07, 6.45) is 3.61. The molecule has 0 amide bonds. The third-order valence-electron chi connectivity index (χ3n) is 3.63. The van der Waals surface area contributed by atoms with Crippen molar-refractivity contribution in [3.05, 3.63) is 23.9 Å². The van der Waals surface area contributed by atoms with Gasteiger partial charge >= 0.3 is 0 Å². The number of ether oxygens (including phenoxy) is 2. The van der Waals surface area contributed by atoms with Gasteiger partial charge in [-0.1, -0.05) is 6.92 Å². The normalized spacial score (nSPS) is 14.1. The van der Waals surface area contributed by atoms with E-state index in [9.17, 15) is 0 Å². The van der Waals surface area contributed by atoms with Gasteiger partial charge in [-0.2, -0.15) is 5.10 Å². The monoisotopic (exact) mass is 273 g/mol. The van der Waals surface area contributed by atoms with Gasteiger partial charge < -0.3 is 15.2 Å². The molecule has 2 N–H and O–H groups in total. The van der Waals surface area contributed by atoms with Crippen LogP contribution in [-0.2, 0) is 13.5 Å². The minimum Gasteiger partial charge on any atom is -0.490 e. The molecule has 0 fully saturated rings. The second kappa shape index (κ2) is 5.07. The van der Waals surface area contributed by atoms with Crippen molar-refractivity contribution in [2.75, 3.05) is 18.9 Å². The van der Waals surface area contributed by atoms with Crippen molar-refractivity contribution in [1.29, 1.82) is 0 Å². The summed E-state index contributed by atoms with van der Waals surface area (Å²) in [5, 5.41) is 4.22. The zero-order valence-electron chi connectivity index (χ0n) is 11.8. The third kappa shape index (κ3) is 2.09. The molecular formula is C15H19N3O2. The van der Waals surface area contributed by atoms with Crippen LogP contribution in [0.2, 0.25) is 0 Å². The second-order valence-electron chi connectivity index (χ2n) is 4.93. The Labute approximate surface area is 118 Å². The third-order valence-corrected chi connectivity index (χ3v) is 3.63. The Morgan fingerprint density at radius 3 is 2.50 bits per heavy atom. The van der Waals surface area contributed by atoms with E-state index in [1.54, 1.807) is 10.9 Å². The molecule has 0 unspecified atom stereocenters. The maximum atomic E-state index is 6.09. The number of nitrogens with zero attached hydrogens (tertiary/aromatic N) is 2. The number of fused-ring (bicyclic) bond motifs is 1. The number of rotatable bonds is 2. The summed E-state index contributed by atoms with van der Waals surface area (Å²) in [6.45, 7) is 3.50. The number of hydrogen-bond donors (Lipinski definition) is 1. The Balaban J connectivity index is 2.14. The zero-order chi connectivity index (χ0) is 14.1. The Bertz CT molecular complexity index is 634. The van der Waals surface area contributed by atoms with Crippen LogP contribution in [0.5, 0.6) is 11.5 Å². The zero-order valence-corrected chi connectivity index (χ0v) is 11.8. The van der Waals surface area contributed by atoms with Crippen LogP contribution in [0, 0.1) is 0 Å². The molecule has 2 heterocycles. The molecule has 20 heavy (non-hydrogen) atoms. The first-order valence-electron chi connectivity index (χ1n) is 6.91. The fourth-order valence-corrected chi connectivity index (χ4v) is 2.45. The van der Waals surface area contributed by atoms with E-state index in [2.05, 4.69) is 18.1 Å². The molecule has 0 spiro atoms. The summed E-state index contributed by atoms with van der Waals surface area (Å²) in [6, 6.07) is 4.08. The molecule has 3 rings (SSSR count). The lowest BCUT2D eigenvalue weighted by Gasteiger charge is -2.13. The van der Waals surface area contributed by atoms with Crippen LogP contribution in [0.15, 0.2) is 18.3 Å². The molecule has 5 heteroatoms. The minimum absolute atomic E-state index is 0.661. The van der Waals surface area contributed by atoms with Crippen molar-refractivity contribution in [1.82, 2.24) is 9.78 Å². The smallest absolute Gasteiger partial charge is 0.161 e. The van der Waals surface area contributed by atoms with Gasteiger partial charge in [0.15, 0.2) is 11.5 Å². The average molecular weight is 273 g/mol. The Morgan fingerprint density at radius 2 is 1.90 bits per heavy atom. The van der Waals surface area contributed by atoms with Gasteiger partial charge in [0, 0.05) is 19.0 Å². The summed E-state index contributed by atoms with van der Waals surface area (Å²) < 4.78 is 13.2. The van der Waals surface area contributed by atoms with Crippen molar-refractivity contribution in [2.24, 2.45) is 7.05 Å². The number of benzene rings is 1. The Morgan fingerprint density at radius 1 is 1.20 bits per heavy atom. The van der Waals surface area contributed by atoms with Crippen LogP contribution in [-0.4, -0.2) is 23.0 Å². The summed E-state index contributed by atoms with van der Waals surface area (Å²) >= 11 is 0. The van der Waals surface area contributed by atoms with E-state index in [-0.39, 0.29) is 0 Å². The predicted octanol–water partition coefficient (Wildman–Crippen LogP) is 2.39. The van der Waals surface area contributed by atoms with Crippen LogP contribution in [0.3, 0.4) is 0 Å². The topological polar surface area (TPSA) is 62.3 Å². The first-order valence-corrected chi connectivity index (χ1v) is 6.91. The van der Waals surface area contributed by atoms with E-state index < -0.39 is 0 Å². The summed E-state index contributed by atoms with van der Waals surface area (Å²) in [5.41, 5.74) is 9.30. The van der Waals surface area contributed by atoms with Gasteiger partial charge in [-0.05, 0) is 29.7 Å². The highest BCUT2D eigenvalue weighted by atomic mass is 16.5. The molecule has 0 bridgehead atoms. The fourth-order valence-electron chi connectivity index (χ4n) is 2.45. The van der Waals surface area contributed by atoms with Crippen LogP contribution in [0.25, 0.3) is 11.1 Å². The molecular weight excluding hydrogens is 254 g/mol. The first kappa shape index (κ1) is 12.8. The molecule has 0 radical (unpaired) electrons. The largest absolute Gasteiger partial charge is 0.490 e. The van der Waals surface area contributed by atoms with Gasteiger partial charge in [-0.25, -0.2) is 0 Å². The van der Waals surface area contributed by atoms with Gasteiger partial charge in [0.05, 0.1) is 19.4 Å². The van der Waals surface area contributed by atoms with Crippen LogP contribution in [0.4, 0.5) is 5.82 Å². The highest BCUT2D eigenvalue weighted by Crippen LogP contribution is 2.39. The SMILES string of the molecule is CCc1cc2c(cc1-c1cnn(C)c1N)OCCCO2. The number of aryl methyl sites for hydroxylation is 2. The Kier molecular flexibility index (Phi) is 3.26. The van der Waals surface area contributed by atoms with E-state index in [1.807, 2.05) is 13.1 Å². The lowest BCUT2D eigenvalue weighted by molar-refractivity contribution is 0.297. The van der Waals surface area contributed by atoms with E-state index in [4.69, 9.17) is 15.2 Å². The summed E-state index contributed by atoms with van der Waals surface area (Å²) in [5.74, 6) is 2.28. The number of hydrogen-bond acceptors (Lipinski definition) is 4. The lowest BCUT2D eigenvalue weighted by atomic mass is 9.99. The van der Waals surface area contributed by atoms with E-state index in [0.717, 1.165) is 35.5 Å². The highest BCUT2D eigenvalue weighted by Gasteiger charge is 2.17. The van der Waals surface area contributed by atoms with Crippen LogP contribution in [0.1, 0.15) is 18.9 Å². The van der Waals surface area contributed by atoms with Gasteiger partial charge in [-0.3, -0.25) is 4.68 Å². The predicted molar refractivity (Wildman–Crippen MR) is 78.0 cm³/mol. The van der Waals surface area contributed by atoms with Crippen molar-refractivity contribution < 1.29 is 9.47 Å². The molecule has 0 saturated carbocycles. The number of anilines is 1. The lowest BCUT2D eigenvalue weighted by Crippen LogP contribution is -2.00. The number of nitrogen functional groups attached to an aromatic ring is 1. The standard InChI is InChI=1S/C15H19N3O2/c1-3-10-7-13-14(20-6-4-5-19-13)8-11(10)12-9-17-18(2)15(12)16/h7-9H,3-6,16H2,1-2H3. The molecule has 1 aliphatic heterocycles. The van der Waals surface area contributed by atoms with E-state index in [1.165, 1.54) is 5.56 Å². The van der Waals surface area contributed by atoms with Gasteiger partial charge in [0.2, 0.25) is 0 Å². The molecule has 106 valence electrons. The average Bonchev–Trinajstić information content (AvgIpc) is 2.67. The highest BCUT2D eigenvalue weighted by molar-refractivity contribution is 5.78. The second-order valence-corrected chi connectivity index (χ2v) is 4.93. The fraction of sp³-hybridized carbons (Fsp3) is 0.400. The van der Waals surface area contributed by atoms with E-state index >= 15 is 0 Å². The molecule has 0 atom stereocenters. The molecule has 2 aromatic rings. The van der Waals surface area contributed by atoms with Crippen LogP contribution < -0.4 is 15.2 Å². The van der Waals surface area contributed by atoms with Crippen molar-refractivity contribution in [3.63, 3.8) is 0 Å². The maximum Gasteiger partial charge on any atom is 0.161 e. The number of aromatic nitrogens is 2. The van der Waals surface area contributed by atoms with Gasteiger partial charge in [0.1, 0.15) is 5.82 Å². The van der Waals surface area contributed by atoms with Crippen molar-refractivity contribution in [2.45, 2.75) is 19.8 Å². The van der Waals surface area contributed by atoms with Crippen molar-refractivity contribution in [3.8, 4) is 22.6 Å². The van der Waals surface area contributed by atoms with Crippen molar-refractivity contribution >= 4 is 5.82 Å². The molecule has 1 aromatic heterocycles. The molecule has 0 aliphatic carbocycles. The molecule has 5 nitrogen and oxygen atoms in total. The van der Waals surface area contributed by atoms with Gasteiger partial charge in [-0.15, -0.1) is 0 Å². The summed E-state index contributed by atoms with van der Waals surface area (Å²) in [4.78, 5) is 0. The molecule has 0 saturated heterocycles. The maximum absolute atomic E-state index is 6.09. The Hall–Kier alpha value is -2.17. The molecule has 1 aliphatic rings. The minimum atomic E-state index is 0.661. The quantitative estimate of drug-likeness (QED) is 0.912. The van der Waals surface area contributed by atoms with Gasteiger partial charge in [0.25, 0.3) is 0 Å². The van der Waals surface area contributed by atoms with E-state index in [0.29, 0.717) is 19.0 Å². The first-order chi connectivity index (χ1) is 9.70. The van der Waals surface area contributed by atoms with Crippen LogP contribution >= 0.6 is 0 Å².